The Balaban J connectivity index is 1.71. The van der Waals surface area contributed by atoms with Crippen LogP contribution in [0.3, 0.4) is 0 Å². The van der Waals surface area contributed by atoms with Crippen molar-refractivity contribution in [2.45, 2.75) is 52.0 Å². The lowest BCUT2D eigenvalue weighted by atomic mass is 10.0. The Labute approximate surface area is 164 Å². The van der Waals surface area contributed by atoms with Gasteiger partial charge in [0.05, 0.1) is 29.7 Å². The summed E-state index contributed by atoms with van der Waals surface area (Å²) in [6.45, 7) is 7.08. The zero-order valence-electron chi connectivity index (χ0n) is 16.7. The Hall–Kier alpha value is -2.28. The van der Waals surface area contributed by atoms with Gasteiger partial charge in [-0.05, 0) is 37.8 Å². The first-order valence-corrected chi connectivity index (χ1v) is 9.81. The first-order chi connectivity index (χ1) is 13.3. The summed E-state index contributed by atoms with van der Waals surface area (Å²) in [5.74, 6) is -0.0215. The molecule has 1 aliphatic heterocycles. The molecule has 1 fully saturated rings. The molecule has 1 saturated heterocycles. The molecule has 1 aliphatic rings. The van der Waals surface area contributed by atoms with Crippen molar-refractivity contribution in [2.75, 3.05) is 19.6 Å². The number of piperidine rings is 1. The zero-order chi connectivity index (χ0) is 20.3. The summed E-state index contributed by atoms with van der Waals surface area (Å²) in [6.07, 6.45) is 0.673. The third kappa shape index (κ3) is 4.76. The van der Waals surface area contributed by atoms with Crippen LogP contribution in [0.1, 0.15) is 54.2 Å². The Kier molecular flexibility index (Phi) is 6.44. The number of hydrogen-bond acceptors (Lipinski definition) is 3. The molecule has 28 heavy (non-hydrogen) atoms. The predicted octanol–water partition coefficient (Wildman–Crippen LogP) is 3.76. The maximum absolute atomic E-state index is 12.9. The van der Waals surface area contributed by atoms with Gasteiger partial charge in [-0.3, -0.25) is 9.69 Å². The normalized spacial score (nSPS) is 16.1. The predicted molar refractivity (Wildman–Crippen MR) is 105 cm³/mol. The van der Waals surface area contributed by atoms with Gasteiger partial charge < -0.3 is 5.32 Å². The number of halogens is 2. The Morgan fingerprint density at radius 3 is 2.43 bits per heavy atom. The third-order valence-corrected chi connectivity index (χ3v) is 5.20. The number of aromatic nitrogens is 2. The van der Waals surface area contributed by atoms with Crippen LogP contribution < -0.4 is 5.32 Å². The van der Waals surface area contributed by atoms with Crippen molar-refractivity contribution in [3.63, 3.8) is 0 Å². The lowest BCUT2D eigenvalue weighted by Crippen LogP contribution is -2.45. The van der Waals surface area contributed by atoms with E-state index in [1.807, 2.05) is 49.7 Å². The minimum atomic E-state index is -2.31. The van der Waals surface area contributed by atoms with Crippen molar-refractivity contribution in [2.24, 2.45) is 0 Å². The fraction of sp³-hybridized carbons (Fsp3) is 0.524. The van der Waals surface area contributed by atoms with E-state index < -0.39 is 6.43 Å². The number of alkyl halides is 2. The highest BCUT2D eigenvalue weighted by atomic mass is 19.3. The maximum atomic E-state index is 12.9. The number of carbonyl (C=O) groups excluding carboxylic acids is 1. The van der Waals surface area contributed by atoms with Gasteiger partial charge in [0.25, 0.3) is 12.3 Å². The molecule has 1 aromatic heterocycles. The second-order valence-corrected chi connectivity index (χ2v) is 7.78. The second-order valence-electron chi connectivity index (χ2n) is 7.78. The first kappa shape index (κ1) is 20.5. The summed E-state index contributed by atoms with van der Waals surface area (Å²) in [6, 6.07) is 8.04. The van der Waals surface area contributed by atoms with E-state index in [2.05, 4.69) is 10.4 Å². The van der Waals surface area contributed by atoms with Crippen molar-refractivity contribution >= 4 is 5.91 Å². The van der Waals surface area contributed by atoms with Crippen LogP contribution in [0.25, 0.3) is 5.69 Å². The fourth-order valence-electron chi connectivity index (χ4n) is 3.70. The molecule has 0 radical (unpaired) electrons. The Morgan fingerprint density at radius 1 is 1.21 bits per heavy atom. The van der Waals surface area contributed by atoms with E-state index in [0.29, 0.717) is 31.5 Å². The van der Waals surface area contributed by atoms with Crippen LogP contribution in [0.2, 0.25) is 0 Å². The van der Waals surface area contributed by atoms with Crippen LogP contribution in [0.15, 0.2) is 30.5 Å². The zero-order valence-corrected chi connectivity index (χ0v) is 16.7. The number of amides is 1. The van der Waals surface area contributed by atoms with E-state index in [4.69, 9.17) is 0 Å². The van der Waals surface area contributed by atoms with E-state index in [1.165, 1.54) is 0 Å². The summed E-state index contributed by atoms with van der Waals surface area (Å²) < 4.78 is 26.8. The smallest absolute Gasteiger partial charge is 0.255 e. The number of aryl methyl sites for hydroxylation is 1. The number of hydrogen-bond donors (Lipinski definition) is 1. The van der Waals surface area contributed by atoms with Gasteiger partial charge in [-0.2, -0.15) is 5.10 Å². The topological polar surface area (TPSA) is 50.2 Å². The lowest BCUT2D eigenvalue weighted by molar-refractivity contribution is 0.0696. The van der Waals surface area contributed by atoms with E-state index in [9.17, 15) is 13.6 Å². The molecule has 0 bridgehead atoms. The molecule has 0 atom stereocenters. The number of likely N-dealkylation sites (tertiary alicyclic amines) is 1. The van der Waals surface area contributed by atoms with E-state index >= 15 is 0 Å². The molecule has 1 aromatic carbocycles. The molecular formula is C21H28F2N4O. The summed E-state index contributed by atoms with van der Waals surface area (Å²) in [5.41, 5.74) is 3.54. The average Bonchev–Trinajstić information content (AvgIpc) is 3.09. The SMILES string of the molecule is Cc1ccc(-n2ncc(C(=O)NC3CCN(CC(F)F)CC3)c2C(C)C)cc1. The number of rotatable bonds is 6. The molecule has 5 nitrogen and oxygen atoms in total. The van der Waals surface area contributed by atoms with Crippen LogP contribution in [0, 0.1) is 6.92 Å². The number of nitrogens with zero attached hydrogens (tertiary/aromatic N) is 3. The Bertz CT molecular complexity index is 793. The average molecular weight is 390 g/mol. The molecule has 1 N–H and O–H groups in total. The van der Waals surface area contributed by atoms with Gasteiger partial charge in [0.1, 0.15) is 0 Å². The monoisotopic (exact) mass is 390 g/mol. The molecule has 2 heterocycles. The maximum Gasteiger partial charge on any atom is 0.255 e. The highest BCUT2D eigenvalue weighted by molar-refractivity contribution is 5.95. The standard InChI is InChI=1S/C21H28F2N4O/c1-14(2)20-18(12-24-27(20)17-6-4-15(3)5-7-17)21(28)25-16-8-10-26(11-9-16)13-19(22)23/h4-7,12,14,16,19H,8-11,13H2,1-3H3,(H,25,28). The largest absolute Gasteiger partial charge is 0.349 e. The van der Waals surface area contributed by atoms with Gasteiger partial charge in [-0.25, -0.2) is 13.5 Å². The molecule has 0 saturated carbocycles. The minimum absolute atomic E-state index is 0.00385. The number of carbonyl (C=O) groups is 1. The summed E-state index contributed by atoms with van der Waals surface area (Å²) in [7, 11) is 0. The van der Waals surface area contributed by atoms with Gasteiger partial charge in [-0.1, -0.05) is 31.5 Å². The Morgan fingerprint density at radius 2 is 1.86 bits per heavy atom. The molecule has 152 valence electrons. The van der Waals surface area contributed by atoms with Crippen LogP contribution >= 0.6 is 0 Å². The van der Waals surface area contributed by atoms with Crippen LogP contribution in [-0.2, 0) is 0 Å². The highest BCUT2D eigenvalue weighted by Gasteiger charge is 2.26. The van der Waals surface area contributed by atoms with Crippen molar-refractivity contribution in [3.05, 3.63) is 47.3 Å². The molecule has 2 aromatic rings. The van der Waals surface area contributed by atoms with Gasteiger partial charge in [-0.15, -0.1) is 0 Å². The molecular weight excluding hydrogens is 362 g/mol. The summed E-state index contributed by atoms with van der Waals surface area (Å²) >= 11 is 0. The molecule has 0 spiro atoms. The molecule has 0 unspecified atom stereocenters. The van der Waals surface area contributed by atoms with Gasteiger partial charge in [0, 0.05) is 19.1 Å². The first-order valence-electron chi connectivity index (χ1n) is 9.81. The lowest BCUT2D eigenvalue weighted by Gasteiger charge is -2.32. The van der Waals surface area contributed by atoms with Crippen molar-refractivity contribution < 1.29 is 13.6 Å². The minimum Gasteiger partial charge on any atom is -0.349 e. The molecule has 7 heteroatoms. The summed E-state index contributed by atoms with van der Waals surface area (Å²) in [5, 5.41) is 7.53. The van der Waals surface area contributed by atoms with Crippen LogP contribution in [0.4, 0.5) is 8.78 Å². The molecule has 0 aliphatic carbocycles. The van der Waals surface area contributed by atoms with Gasteiger partial charge in [0.15, 0.2) is 0 Å². The van der Waals surface area contributed by atoms with Crippen LogP contribution in [-0.4, -0.2) is 52.7 Å². The van der Waals surface area contributed by atoms with E-state index in [1.54, 1.807) is 11.1 Å². The molecule has 3 rings (SSSR count). The number of benzene rings is 1. The number of nitrogens with one attached hydrogen (secondary N) is 1. The van der Waals surface area contributed by atoms with E-state index in [0.717, 1.165) is 16.9 Å². The van der Waals surface area contributed by atoms with Crippen molar-refractivity contribution in [3.8, 4) is 5.69 Å². The van der Waals surface area contributed by atoms with Crippen molar-refractivity contribution in [1.82, 2.24) is 20.0 Å². The molecule has 1 amide bonds. The fourth-order valence-corrected chi connectivity index (χ4v) is 3.70. The van der Waals surface area contributed by atoms with E-state index in [-0.39, 0.29) is 24.4 Å². The van der Waals surface area contributed by atoms with Crippen molar-refractivity contribution in [1.29, 1.82) is 0 Å². The summed E-state index contributed by atoms with van der Waals surface area (Å²) in [4.78, 5) is 14.7. The van der Waals surface area contributed by atoms with Gasteiger partial charge in [0.2, 0.25) is 0 Å². The highest BCUT2D eigenvalue weighted by Crippen LogP contribution is 2.24. The second kappa shape index (κ2) is 8.82. The van der Waals surface area contributed by atoms with Crippen LogP contribution in [0.5, 0.6) is 0 Å². The van der Waals surface area contributed by atoms with Gasteiger partial charge >= 0.3 is 0 Å². The third-order valence-electron chi connectivity index (χ3n) is 5.20. The quantitative estimate of drug-likeness (QED) is 0.817.